The summed E-state index contributed by atoms with van der Waals surface area (Å²) in [5.74, 6) is 0.463. The lowest BCUT2D eigenvalue weighted by molar-refractivity contribution is -0.384. The first-order valence-corrected chi connectivity index (χ1v) is 10.9. The quantitative estimate of drug-likeness (QED) is 0.552. The maximum atomic E-state index is 12.7. The number of methoxy groups -OCH3 is 1. The number of nitrogens with zero attached hydrogens (tertiary/aromatic N) is 2. The highest BCUT2D eigenvalue weighted by Gasteiger charge is 2.23. The van der Waals surface area contributed by atoms with Crippen molar-refractivity contribution in [3.63, 3.8) is 0 Å². The standard InChI is InChI=1S/C20H23N3O6S/c1-14-4-3-11-22(13-14)20(24)15-5-8-17(9-6-15)30(27,28)21-18-12-16(23(25)26)7-10-19(18)29-2/h5-10,12,14,21H,3-4,11,13H2,1-2H3. The highest BCUT2D eigenvalue weighted by atomic mass is 32.2. The van der Waals surface area contributed by atoms with Crippen molar-refractivity contribution in [1.82, 2.24) is 4.90 Å². The number of nitrogens with one attached hydrogen (secondary N) is 1. The summed E-state index contributed by atoms with van der Waals surface area (Å²) in [4.78, 5) is 24.7. The Kier molecular flexibility index (Phi) is 6.25. The van der Waals surface area contributed by atoms with Gasteiger partial charge in [0.15, 0.2) is 0 Å². The number of nitro groups is 1. The number of amides is 1. The first-order chi connectivity index (χ1) is 14.2. The summed E-state index contributed by atoms with van der Waals surface area (Å²) in [5.41, 5.74) is 0.0929. The van der Waals surface area contributed by atoms with Gasteiger partial charge in [0, 0.05) is 30.8 Å². The van der Waals surface area contributed by atoms with E-state index in [9.17, 15) is 23.3 Å². The lowest BCUT2D eigenvalue weighted by Gasteiger charge is -2.31. The van der Waals surface area contributed by atoms with Gasteiger partial charge in [-0.05, 0) is 49.1 Å². The maximum absolute atomic E-state index is 12.7. The number of hydrogen-bond acceptors (Lipinski definition) is 6. The molecule has 2 aromatic rings. The molecule has 1 atom stereocenters. The second-order valence-corrected chi connectivity index (χ2v) is 8.95. The molecule has 10 heteroatoms. The Morgan fingerprint density at radius 2 is 1.93 bits per heavy atom. The normalized spacial score (nSPS) is 16.7. The number of anilines is 1. The number of non-ortho nitro benzene ring substituents is 1. The van der Waals surface area contributed by atoms with E-state index in [0.29, 0.717) is 24.6 Å². The van der Waals surface area contributed by atoms with E-state index < -0.39 is 14.9 Å². The van der Waals surface area contributed by atoms with Crippen LogP contribution in [0.25, 0.3) is 0 Å². The third kappa shape index (κ3) is 4.70. The van der Waals surface area contributed by atoms with Crippen LogP contribution in [0.4, 0.5) is 11.4 Å². The van der Waals surface area contributed by atoms with Crippen LogP contribution in [0.3, 0.4) is 0 Å². The molecule has 0 saturated carbocycles. The van der Waals surface area contributed by atoms with Crippen LogP contribution in [0, 0.1) is 16.0 Å². The molecule has 1 heterocycles. The van der Waals surface area contributed by atoms with Crippen LogP contribution in [-0.4, -0.2) is 44.3 Å². The van der Waals surface area contributed by atoms with Crippen LogP contribution in [0.1, 0.15) is 30.1 Å². The Morgan fingerprint density at radius 3 is 2.53 bits per heavy atom. The van der Waals surface area contributed by atoms with E-state index in [-0.39, 0.29) is 27.9 Å². The number of carbonyl (C=O) groups is 1. The summed E-state index contributed by atoms with van der Waals surface area (Å²) >= 11 is 0. The number of rotatable bonds is 6. The Labute approximate surface area is 174 Å². The number of sulfonamides is 1. The van der Waals surface area contributed by atoms with Gasteiger partial charge < -0.3 is 9.64 Å². The molecule has 0 spiro atoms. The summed E-state index contributed by atoms with van der Waals surface area (Å²) in [6.07, 6.45) is 2.04. The Morgan fingerprint density at radius 1 is 1.23 bits per heavy atom. The third-order valence-corrected chi connectivity index (χ3v) is 6.38. The molecule has 0 aliphatic carbocycles. The molecular weight excluding hydrogens is 410 g/mol. The van der Waals surface area contributed by atoms with E-state index in [2.05, 4.69) is 11.6 Å². The van der Waals surface area contributed by atoms with Gasteiger partial charge in [-0.15, -0.1) is 0 Å². The van der Waals surface area contributed by atoms with Crippen LogP contribution in [0.15, 0.2) is 47.4 Å². The van der Waals surface area contributed by atoms with E-state index in [0.717, 1.165) is 18.9 Å². The second-order valence-electron chi connectivity index (χ2n) is 7.27. The highest BCUT2D eigenvalue weighted by Crippen LogP contribution is 2.31. The Hall–Kier alpha value is -3.14. The summed E-state index contributed by atoms with van der Waals surface area (Å²) in [7, 11) is -2.71. The minimum absolute atomic E-state index is 0.0471. The number of ether oxygens (including phenoxy) is 1. The van der Waals surface area contributed by atoms with Crippen molar-refractivity contribution in [3.05, 3.63) is 58.1 Å². The van der Waals surface area contributed by atoms with Crippen molar-refractivity contribution in [2.75, 3.05) is 24.9 Å². The number of piperidine rings is 1. The SMILES string of the molecule is COc1ccc([N+](=O)[O-])cc1NS(=O)(=O)c1ccc(C(=O)N2CCCC(C)C2)cc1. The fourth-order valence-electron chi connectivity index (χ4n) is 3.43. The monoisotopic (exact) mass is 433 g/mol. The van der Waals surface area contributed by atoms with E-state index in [1.807, 2.05) is 0 Å². The van der Waals surface area contributed by atoms with Gasteiger partial charge >= 0.3 is 0 Å². The summed E-state index contributed by atoms with van der Waals surface area (Å²) < 4.78 is 32.9. The number of nitro benzene ring substituents is 1. The van der Waals surface area contributed by atoms with Gasteiger partial charge in [0.05, 0.1) is 22.6 Å². The van der Waals surface area contributed by atoms with E-state index in [1.54, 1.807) is 4.90 Å². The molecule has 30 heavy (non-hydrogen) atoms. The average Bonchev–Trinajstić information content (AvgIpc) is 2.73. The number of hydrogen-bond donors (Lipinski definition) is 1. The van der Waals surface area contributed by atoms with Crippen molar-refractivity contribution >= 4 is 27.3 Å². The number of likely N-dealkylation sites (tertiary alicyclic amines) is 1. The van der Waals surface area contributed by atoms with Crippen LogP contribution in [-0.2, 0) is 10.0 Å². The minimum Gasteiger partial charge on any atom is -0.495 e. The molecule has 2 aromatic carbocycles. The molecule has 1 aliphatic rings. The van der Waals surface area contributed by atoms with Crippen molar-refractivity contribution in [3.8, 4) is 5.75 Å². The zero-order valence-corrected chi connectivity index (χ0v) is 17.5. The van der Waals surface area contributed by atoms with Gasteiger partial charge in [0.25, 0.3) is 21.6 Å². The largest absolute Gasteiger partial charge is 0.495 e. The van der Waals surface area contributed by atoms with Crippen molar-refractivity contribution in [2.45, 2.75) is 24.7 Å². The lowest BCUT2D eigenvalue weighted by atomic mass is 9.99. The van der Waals surface area contributed by atoms with Crippen molar-refractivity contribution < 1.29 is 22.9 Å². The first-order valence-electron chi connectivity index (χ1n) is 9.46. The molecule has 160 valence electrons. The molecule has 3 rings (SSSR count). The summed E-state index contributed by atoms with van der Waals surface area (Å²) in [6.45, 7) is 3.48. The lowest BCUT2D eigenvalue weighted by Crippen LogP contribution is -2.39. The highest BCUT2D eigenvalue weighted by molar-refractivity contribution is 7.92. The number of benzene rings is 2. The van der Waals surface area contributed by atoms with Crippen LogP contribution in [0.5, 0.6) is 5.75 Å². The molecule has 1 fully saturated rings. The van der Waals surface area contributed by atoms with Gasteiger partial charge in [-0.25, -0.2) is 8.42 Å². The van der Waals surface area contributed by atoms with Crippen LogP contribution in [0.2, 0.25) is 0 Å². The summed E-state index contributed by atoms with van der Waals surface area (Å²) in [6, 6.07) is 9.25. The summed E-state index contributed by atoms with van der Waals surface area (Å²) in [5, 5.41) is 11.0. The van der Waals surface area contributed by atoms with Gasteiger partial charge in [0.1, 0.15) is 5.75 Å². The fraction of sp³-hybridized carbons (Fsp3) is 0.350. The second kappa shape index (κ2) is 8.70. The molecular formula is C20H23N3O6S. The van der Waals surface area contributed by atoms with Crippen LogP contribution >= 0.6 is 0 Å². The molecule has 1 saturated heterocycles. The third-order valence-electron chi connectivity index (χ3n) is 4.99. The molecule has 0 radical (unpaired) electrons. The van der Waals surface area contributed by atoms with Gasteiger partial charge in [-0.1, -0.05) is 6.92 Å². The molecule has 9 nitrogen and oxygen atoms in total. The van der Waals surface area contributed by atoms with Crippen molar-refractivity contribution in [2.24, 2.45) is 5.92 Å². The van der Waals surface area contributed by atoms with Gasteiger partial charge in [-0.3, -0.25) is 19.6 Å². The Balaban J connectivity index is 1.81. The van der Waals surface area contributed by atoms with Crippen LogP contribution < -0.4 is 9.46 Å². The molecule has 1 aliphatic heterocycles. The Bertz CT molecular complexity index is 1050. The zero-order chi connectivity index (χ0) is 21.9. The van der Waals surface area contributed by atoms with E-state index in [4.69, 9.17) is 4.74 Å². The molecule has 1 unspecified atom stereocenters. The predicted molar refractivity (Wildman–Crippen MR) is 111 cm³/mol. The molecule has 1 N–H and O–H groups in total. The van der Waals surface area contributed by atoms with E-state index in [1.165, 1.54) is 43.5 Å². The fourth-order valence-corrected chi connectivity index (χ4v) is 4.49. The van der Waals surface area contributed by atoms with Gasteiger partial charge in [-0.2, -0.15) is 0 Å². The molecule has 0 aromatic heterocycles. The van der Waals surface area contributed by atoms with Crippen molar-refractivity contribution in [1.29, 1.82) is 0 Å². The smallest absolute Gasteiger partial charge is 0.271 e. The zero-order valence-electron chi connectivity index (χ0n) is 16.7. The van der Waals surface area contributed by atoms with Gasteiger partial charge in [0.2, 0.25) is 0 Å². The minimum atomic E-state index is -4.04. The topological polar surface area (TPSA) is 119 Å². The number of carbonyl (C=O) groups excluding carboxylic acids is 1. The predicted octanol–water partition coefficient (Wildman–Crippen LogP) is 3.28. The average molecular weight is 433 g/mol. The van der Waals surface area contributed by atoms with E-state index >= 15 is 0 Å². The molecule has 1 amide bonds. The first kappa shape index (κ1) is 21.6. The maximum Gasteiger partial charge on any atom is 0.271 e. The molecule has 0 bridgehead atoms.